The third-order valence-corrected chi connectivity index (χ3v) is 3.81. The van der Waals surface area contributed by atoms with Gasteiger partial charge in [0.1, 0.15) is 0 Å². The Morgan fingerprint density at radius 3 is 2.53 bits per heavy atom. The van der Waals surface area contributed by atoms with Crippen LogP contribution in [0.4, 0.5) is 0 Å². The molecule has 0 aromatic heterocycles. The highest BCUT2D eigenvalue weighted by molar-refractivity contribution is 4.95. The SMILES string of the molecule is CC(C)C1[CH]C(C(O)CCO)C(C)CC1. The predicted molar refractivity (Wildman–Crippen MR) is 62.2 cm³/mol. The van der Waals surface area contributed by atoms with Gasteiger partial charge in [0, 0.05) is 6.61 Å². The summed E-state index contributed by atoms with van der Waals surface area (Å²) < 4.78 is 0. The highest BCUT2D eigenvalue weighted by atomic mass is 16.3. The maximum absolute atomic E-state index is 9.95. The smallest absolute Gasteiger partial charge is 0.0595 e. The van der Waals surface area contributed by atoms with Crippen molar-refractivity contribution in [3.05, 3.63) is 6.42 Å². The van der Waals surface area contributed by atoms with Crippen molar-refractivity contribution < 1.29 is 10.2 Å². The van der Waals surface area contributed by atoms with Crippen LogP contribution in [0.15, 0.2) is 0 Å². The van der Waals surface area contributed by atoms with E-state index in [4.69, 9.17) is 5.11 Å². The lowest BCUT2D eigenvalue weighted by molar-refractivity contribution is 0.0450. The third-order valence-electron chi connectivity index (χ3n) is 3.81. The molecule has 0 aliphatic heterocycles. The molecule has 2 N–H and O–H groups in total. The monoisotopic (exact) mass is 213 g/mol. The van der Waals surface area contributed by atoms with Crippen molar-refractivity contribution in [2.45, 2.75) is 46.1 Å². The van der Waals surface area contributed by atoms with Gasteiger partial charge in [0.15, 0.2) is 0 Å². The van der Waals surface area contributed by atoms with Crippen LogP contribution in [0.1, 0.15) is 40.0 Å². The minimum Gasteiger partial charge on any atom is -0.396 e. The molecule has 0 amide bonds. The Morgan fingerprint density at radius 1 is 1.33 bits per heavy atom. The average Bonchev–Trinajstić information content (AvgIpc) is 2.18. The van der Waals surface area contributed by atoms with Gasteiger partial charge in [-0.05, 0) is 42.9 Å². The van der Waals surface area contributed by atoms with E-state index < -0.39 is 0 Å². The first-order valence-corrected chi connectivity index (χ1v) is 6.20. The van der Waals surface area contributed by atoms with E-state index in [0.717, 1.165) is 0 Å². The van der Waals surface area contributed by atoms with E-state index >= 15 is 0 Å². The molecule has 0 spiro atoms. The summed E-state index contributed by atoms with van der Waals surface area (Å²) in [6.07, 6.45) is 4.94. The van der Waals surface area contributed by atoms with Crippen LogP contribution in [0.5, 0.6) is 0 Å². The number of aliphatic hydroxyl groups is 2. The minimum absolute atomic E-state index is 0.0879. The summed E-state index contributed by atoms with van der Waals surface area (Å²) in [5, 5.41) is 18.8. The minimum atomic E-state index is -0.355. The van der Waals surface area contributed by atoms with Crippen LogP contribution in [0, 0.1) is 30.1 Å². The van der Waals surface area contributed by atoms with E-state index in [1.807, 2.05) is 0 Å². The molecule has 2 nitrogen and oxygen atoms in total. The van der Waals surface area contributed by atoms with Crippen LogP contribution >= 0.6 is 0 Å². The fourth-order valence-corrected chi connectivity index (χ4v) is 2.61. The van der Waals surface area contributed by atoms with Gasteiger partial charge in [0.25, 0.3) is 0 Å². The highest BCUT2D eigenvalue weighted by Gasteiger charge is 2.33. The lowest BCUT2D eigenvalue weighted by Crippen LogP contribution is -2.35. The molecule has 1 rings (SSSR count). The summed E-state index contributed by atoms with van der Waals surface area (Å²) in [4.78, 5) is 0. The lowest BCUT2D eigenvalue weighted by Gasteiger charge is -2.38. The van der Waals surface area contributed by atoms with Crippen LogP contribution in [0.25, 0.3) is 0 Å². The third kappa shape index (κ3) is 3.46. The molecule has 4 atom stereocenters. The number of hydrogen-bond acceptors (Lipinski definition) is 2. The first-order valence-electron chi connectivity index (χ1n) is 6.20. The van der Waals surface area contributed by atoms with Gasteiger partial charge < -0.3 is 10.2 Å². The van der Waals surface area contributed by atoms with Crippen LogP contribution in [-0.2, 0) is 0 Å². The van der Waals surface area contributed by atoms with E-state index in [0.29, 0.717) is 24.2 Å². The lowest BCUT2D eigenvalue weighted by atomic mass is 9.69. The molecule has 89 valence electrons. The molecular formula is C13H25O2. The van der Waals surface area contributed by atoms with Crippen LogP contribution in [0.2, 0.25) is 0 Å². The second-order valence-corrected chi connectivity index (χ2v) is 5.31. The molecule has 0 aromatic carbocycles. The van der Waals surface area contributed by atoms with Gasteiger partial charge in [-0.25, -0.2) is 0 Å². The Labute approximate surface area is 93.7 Å². The Kier molecular flexibility index (Phi) is 5.07. The van der Waals surface area contributed by atoms with Crippen molar-refractivity contribution in [1.82, 2.24) is 0 Å². The molecule has 0 bridgehead atoms. The van der Waals surface area contributed by atoms with Crippen LogP contribution in [-0.4, -0.2) is 22.9 Å². The number of hydrogen-bond donors (Lipinski definition) is 2. The largest absolute Gasteiger partial charge is 0.396 e. The van der Waals surface area contributed by atoms with E-state index in [9.17, 15) is 5.11 Å². The average molecular weight is 213 g/mol. The van der Waals surface area contributed by atoms with Gasteiger partial charge in [-0.3, -0.25) is 0 Å². The Balaban J connectivity index is 2.52. The summed E-state index contributed by atoms with van der Waals surface area (Å²) >= 11 is 0. The molecule has 1 radical (unpaired) electrons. The molecule has 15 heavy (non-hydrogen) atoms. The zero-order valence-electron chi connectivity index (χ0n) is 10.2. The fraction of sp³-hybridized carbons (Fsp3) is 0.923. The van der Waals surface area contributed by atoms with Gasteiger partial charge in [-0.1, -0.05) is 27.2 Å². The summed E-state index contributed by atoms with van der Waals surface area (Å²) in [6, 6.07) is 0. The fourth-order valence-electron chi connectivity index (χ4n) is 2.61. The Morgan fingerprint density at radius 2 is 2.00 bits per heavy atom. The summed E-state index contributed by atoms with van der Waals surface area (Å²) in [6.45, 7) is 6.78. The summed E-state index contributed by atoms with van der Waals surface area (Å²) in [5.74, 6) is 2.14. The standard InChI is InChI=1S/C13H25O2/c1-9(2)11-5-4-10(3)12(8-11)13(15)6-7-14/h8-15H,4-7H2,1-3H3. The second kappa shape index (κ2) is 5.86. The van der Waals surface area contributed by atoms with Gasteiger partial charge in [0.05, 0.1) is 6.10 Å². The molecule has 1 fully saturated rings. The van der Waals surface area contributed by atoms with Crippen molar-refractivity contribution in [2.24, 2.45) is 23.7 Å². The molecule has 1 saturated carbocycles. The van der Waals surface area contributed by atoms with Gasteiger partial charge in [0.2, 0.25) is 0 Å². The predicted octanol–water partition coefficient (Wildman–Crippen LogP) is 2.25. The van der Waals surface area contributed by atoms with Crippen molar-refractivity contribution in [2.75, 3.05) is 6.61 Å². The number of rotatable bonds is 4. The second-order valence-electron chi connectivity index (χ2n) is 5.31. The zero-order chi connectivity index (χ0) is 11.4. The molecule has 1 aliphatic rings. The van der Waals surface area contributed by atoms with E-state index in [-0.39, 0.29) is 18.6 Å². The molecular weight excluding hydrogens is 188 g/mol. The quantitative estimate of drug-likeness (QED) is 0.752. The van der Waals surface area contributed by atoms with Crippen molar-refractivity contribution >= 4 is 0 Å². The van der Waals surface area contributed by atoms with Gasteiger partial charge in [-0.15, -0.1) is 0 Å². The first-order chi connectivity index (χ1) is 7.06. The van der Waals surface area contributed by atoms with Crippen molar-refractivity contribution in [3.8, 4) is 0 Å². The zero-order valence-corrected chi connectivity index (χ0v) is 10.2. The van der Waals surface area contributed by atoms with E-state index in [1.165, 1.54) is 12.8 Å². The van der Waals surface area contributed by atoms with Gasteiger partial charge >= 0.3 is 0 Å². The van der Waals surface area contributed by atoms with Crippen LogP contribution < -0.4 is 0 Å². The molecule has 2 heteroatoms. The highest BCUT2D eigenvalue weighted by Crippen LogP contribution is 2.38. The molecule has 0 heterocycles. The molecule has 4 unspecified atom stereocenters. The first kappa shape index (κ1) is 13.0. The van der Waals surface area contributed by atoms with E-state index in [1.54, 1.807) is 0 Å². The maximum atomic E-state index is 9.95. The van der Waals surface area contributed by atoms with Gasteiger partial charge in [-0.2, -0.15) is 0 Å². The Hall–Kier alpha value is -0.0800. The van der Waals surface area contributed by atoms with Crippen molar-refractivity contribution in [1.29, 1.82) is 0 Å². The molecule has 0 saturated heterocycles. The summed E-state index contributed by atoms with van der Waals surface area (Å²) in [5.41, 5.74) is 0. The van der Waals surface area contributed by atoms with Crippen molar-refractivity contribution in [3.63, 3.8) is 0 Å². The summed E-state index contributed by atoms with van der Waals surface area (Å²) in [7, 11) is 0. The van der Waals surface area contributed by atoms with E-state index in [2.05, 4.69) is 27.2 Å². The number of aliphatic hydroxyl groups excluding tert-OH is 2. The molecule has 0 aromatic rings. The van der Waals surface area contributed by atoms with Crippen LogP contribution in [0.3, 0.4) is 0 Å². The maximum Gasteiger partial charge on any atom is 0.0595 e. The molecule has 1 aliphatic carbocycles. The normalized spacial score (nSPS) is 34.4. The topological polar surface area (TPSA) is 40.5 Å². The Bertz CT molecular complexity index is 179.